The minimum Gasteiger partial charge on any atom is -0.359 e. The van der Waals surface area contributed by atoms with E-state index in [2.05, 4.69) is 17.6 Å². The largest absolute Gasteiger partial charge is 0.359 e. The van der Waals surface area contributed by atoms with Gasteiger partial charge in [0.1, 0.15) is 0 Å². The van der Waals surface area contributed by atoms with Gasteiger partial charge in [0.15, 0.2) is 5.11 Å². The number of hydrogen-bond donors (Lipinski definition) is 2. The Kier molecular flexibility index (Phi) is 6.76. The van der Waals surface area contributed by atoms with Crippen LogP contribution in [0.25, 0.3) is 0 Å². The van der Waals surface area contributed by atoms with Crippen molar-refractivity contribution in [2.24, 2.45) is 5.92 Å². The number of nitrogens with zero attached hydrogens (tertiary/aromatic N) is 1. The number of aryl methyl sites for hydroxylation is 1. The van der Waals surface area contributed by atoms with Gasteiger partial charge in [-0.25, -0.2) is 8.42 Å². The van der Waals surface area contributed by atoms with Gasteiger partial charge in [-0.3, -0.25) is 0 Å². The fourth-order valence-electron chi connectivity index (χ4n) is 4.07. The Hall–Kier alpha value is -1.18. The average Bonchev–Trinajstić information content (AvgIpc) is 2.66. The van der Waals surface area contributed by atoms with Crippen LogP contribution in [0.4, 0.5) is 5.69 Å². The van der Waals surface area contributed by atoms with Crippen molar-refractivity contribution in [1.29, 1.82) is 0 Å². The monoisotopic (exact) mass is 409 g/mol. The van der Waals surface area contributed by atoms with E-state index in [0.717, 1.165) is 36.9 Å². The van der Waals surface area contributed by atoms with Crippen LogP contribution in [-0.2, 0) is 10.0 Å². The molecule has 3 rings (SSSR count). The van der Waals surface area contributed by atoms with Crippen molar-refractivity contribution in [3.63, 3.8) is 0 Å². The first-order chi connectivity index (χ1) is 12.9. The molecule has 1 aliphatic carbocycles. The minimum absolute atomic E-state index is 0.378. The summed E-state index contributed by atoms with van der Waals surface area (Å²) in [7, 11) is -3.46. The molecule has 2 N–H and O–H groups in total. The molecule has 1 heterocycles. The van der Waals surface area contributed by atoms with Gasteiger partial charge < -0.3 is 10.6 Å². The highest BCUT2D eigenvalue weighted by atomic mass is 32.2. The lowest BCUT2D eigenvalue weighted by Crippen LogP contribution is -2.43. The van der Waals surface area contributed by atoms with Crippen molar-refractivity contribution in [1.82, 2.24) is 9.62 Å². The number of piperidine rings is 1. The molecule has 0 bridgehead atoms. The summed E-state index contributed by atoms with van der Waals surface area (Å²) in [5, 5.41) is 7.17. The van der Waals surface area contributed by atoms with E-state index < -0.39 is 10.0 Å². The van der Waals surface area contributed by atoms with Crippen LogP contribution in [0.15, 0.2) is 23.1 Å². The number of anilines is 1. The summed E-state index contributed by atoms with van der Waals surface area (Å²) in [6.45, 7) is 5.33. The van der Waals surface area contributed by atoms with Gasteiger partial charge in [-0.05, 0) is 68.4 Å². The highest BCUT2D eigenvalue weighted by Gasteiger charge is 2.28. The molecule has 150 valence electrons. The minimum atomic E-state index is -3.46. The second kappa shape index (κ2) is 8.88. The summed E-state index contributed by atoms with van der Waals surface area (Å²) in [6, 6.07) is 5.85. The van der Waals surface area contributed by atoms with Crippen LogP contribution in [0.1, 0.15) is 57.4 Å². The van der Waals surface area contributed by atoms with E-state index >= 15 is 0 Å². The molecule has 0 unspecified atom stereocenters. The Morgan fingerprint density at radius 3 is 2.52 bits per heavy atom. The van der Waals surface area contributed by atoms with Crippen LogP contribution >= 0.6 is 12.2 Å². The topological polar surface area (TPSA) is 61.4 Å². The van der Waals surface area contributed by atoms with Crippen LogP contribution in [0, 0.1) is 12.8 Å². The van der Waals surface area contributed by atoms with E-state index in [9.17, 15) is 8.42 Å². The molecule has 1 saturated carbocycles. The standard InChI is InChI=1S/C20H31N3O2S2/c1-15-8-4-5-9-18(15)22-20(26)21-17-11-10-16(2)19(14-17)27(24,25)23-12-6-3-7-13-23/h10-11,14-15,18H,3-9,12-13H2,1-2H3,(H2,21,22,26)/t15-,18+/m1/s1. The van der Waals surface area contributed by atoms with Gasteiger partial charge in [0.25, 0.3) is 0 Å². The fourth-order valence-corrected chi connectivity index (χ4v) is 6.10. The molecular formula is C20H31N3O2S2. The van der Waals surface area contributed by atoms with E-state index in [1.165, 1.54) is 19.3 Å². The zero-order chi connectivity index (χ0) is 19.4. The smallest absolute Gasteiger partial charge is 0.243 e. The summed E-state index contributed by atoms with van der Waals surface area (Å²) in [4.78, 5) is 0.378. The molecule has 0 spiro atoms. The summed E-state index contributed by atoms with van der Waals surface area (Å²) >= 11 is 5.48. The molecule has 2 atom stereocenters. The van der Waals surface area contributed by atoms with E-state index in [4.69, 9.17) is 12.2 Å². The van der Waals surface area contributed by atoms with Crippen LogP contribution < -0.4 is 10.6 Å². The van der Waals surface area contributed by atoms with Crippen molar-refractivity contribution in [3.8, 4) is 0 Å². The molecule has 2 aliphatic rings. The number of rotatable bonds is 4. The van der Waals surface area contributed by atoms with Gasteiger partial charge >= 0.3 is 0 Å². The Labute approximate surface area is 169 Å². The lowest BCUT2D eigenvalue weighted by atomic mass is 9.86. The van der Waals surface area contributed by atoms with Crippen LogP contribution in [0.2, 0.25) is 0 Å². The quantitative estimate of drug-likeness (QED) is 0.735. The molecule has 1 aromatic carbocycles. The second-order valence-electron chi connectivity index (χ2n) is 7.91. The van der Waals surface area contributed by atoms with E-state index in [1.807, 2.05) is 19.1 Å². The lowest BCUT2D eigenvalue weighted by Gasteiger charge is -2.30. The van der Waals surface area contributed by atoms with Crippen LogP contribution in [-0.4, -0.2) is 37.0 Å². The van der Waals surface area contributed by atoms with Gasteiger partial charge in [-0.2, -0.15) is 4.31 Å². The van der Waals surface area contributed by atoms with Gasteiger partial charge in [0, 0.05) is 24.8 Å². The molecule has 1 saturated heterocycles. The molecule has 0 amide bonds. The normalized spacial score (nSPS) is 24.4. The van der Waals surface area contributed by atoms with Gasteiger partial charge in [0.2, 0.25) is 10.0 Å². The number of benzene rings is 1. The fraction of sp³-hybridized carbons (Fsp3) is 0.650. The first-order valence-electron chi connectivity index (χ1n) is 10.1. The Bertz CT molecular complexity index is 773. The lowest BCUT2D eigenvalue weighted by molar-refractivity contribution is 0.309. The molecule has 0 aromatic heterocycles. The molecule has 7 heteroatoms. The molecule has 27 heavy (non-hydrogen) atoms. The number of sulfonamides is 1. The SMILES string of the molecule is Cc1ccc(NC(=S)N[C@H]2CCCC[C@H]2C)cc1S(=O)(=O)N1CCCCC1. The molecule has 5 nitrogen and oxygen atoms in total. The van der Waals surface area contributed by atoms with E-state index in [-0.39, 0.29) is 0 Å². The number of hydrogen-bond acceptors (Lipinski definition) is 3. The van der Waals surface area contributed by atoms with Crippen molar-refractivity contribution < 1.29 is 8.42 Å². The van der Waals surface area contributed by atoms with Gasteiger partial charge in [-0.15, -0.1) is 0 Å². The maximum Gasteiger partial charge on any atom is 0.243 e. The third-order valence-corrected chi connectivity index (χ3v) is 8.07. The predicted molar refractivity (Wildman–Crippen MR) is 115 cm³/mol. The molecule has 1 aliphatic heterocycles. The molecular weight excluding hydrogens is 378 g/mol. The van der Waals surface area contributed by atoms with Gasteiger partial charge in [0.05, 0.1) is 4.90 Å². The summed E-state index contributed by atoms with van der Waals surface area (Å²) in [6.07, 6.45) is 7.84. The maximum atomic E-state index is 13.1. The summed E-state index contributed by atoms with van der Waals surface area (Å²) in [5.41, 5.74) is 1.49. The third-order valence-electron chi connectivity index (χ3n) is 5.81. The van der Waals surface area contributed by atoms with Crippen LogP contribution in [0.3, 0.4) is 0 Å². The predicted octanol–water partition coefficient (Wildman–Crippen LogP) is 4.03. The number of nitrogens with one attached hydrogen (secondary N) is 2. The van der Waals surface area contributed by atoms with Crippen LogP contribution in [0.5, 0.6) is 0 Å². The zero-order valence-corrected chi connectivity index (χ0v) is 18.0. The maximum absolute atomic E-state index is 13.1. The van der Waals surface area contributed by atoms with Crippen molar-refractivity contribution >= 4 is 33.0 Å². The number of thiocarbonyl (C=S) groups is 1. The first kappa shape index (κ1) is 20.6. The van der Waals surface area contributed by atoms with Crippen molar-refractivity contribution in [2.45, 2.75) is 69.7 Å². The highest BCUT2D eigenvalue weighted by molar-refractivity contribution is 7.89. The Balaban J connectivity index is 1.72. The Morgan fingerprint density at radius 1 is 1.11 bits per heavy atom. The first-order valence-corrected chi connectivity index (χ1v) is 11.9. The molecule has 2 fully saturated rings. The highest BCUT2D eigenvalue weighted by Crippen LogP contribution is 2.27. The van der Waals surface area contributed by atoms with E-state index in [0.29, 0.717) is 35.1 Å². The van der Waals surface area contributed by atoms with Crippen molar-refractivity contribution in [2.75, 3.05) is 18.4 Å². The summed E-state index contributed by atoms with van der Waals surface area (Å²) < 4.78 is 27.7. The molecule has 0 radical (unpaired) electrons. The van der Waals surface area contributed by atoms with E-state index in [1.54, 1.807) is 10.4 Å². The average molecular weight is 410 g/mol. The Morgan fingerprint density at radius 2 is 1.81 bits per heavy atom. The van der Waals surface area contributed by atoms with Gasteiger partial charge in [-0.1, -0.05) is 32.3 Å². The third kappa shape index (κ3) is 5.00. The molecule has 1 aromatic rings. The second-order valence-corrected chi connectivity index (χ2v) is 10.2. The van der Waals surface area contributed by atoms with Crippen molar-refractivity contribution in [3.05, 3.63) is 23.8 Å². The summed E-state index contributed by atoms with van der Waals surface area (Å²) in [5.74, 6) is 0.603. The zero-order valence-electron chi connectivity index (χ0n) is 16.3.